The SMILES string of the molecule is C=C1CCC(O)CC1[CH]C=C(C)C. The molecule has 0 aromatic rings. The minimum atomic E-state index is -0.127. The fourth-order valence-electron chi connectivity index (χ4n) is 1.64. The highest BCUT2D eigenvalue weighted by atomic mass is 16.3. The van der Waals surface area contributed by atoms with Gasteiger partial charge in [0.05, 0.1) is 6.10 Å². The van der Waals surface area contributed by atoms with Crippen molar-refractivity contribution in [2.75, 3.05) is 0 Å². The molecule has 1 nitrogen and oxygen atoms in total. The molecule has 0 aliphatic heterocycles. The van der Waals surface area contributed by atoms with Crippen molar-refractivity contribution in [2.24, 2.45) is 5.92 Å². The third-order valence-corrected chi connectivity index (χ3v) is 2.51. The molecule has 1 aliphatic rings. The normalized spacial score (nSPS) is 28.7. The summed E-state index contributed by atoms with van der Waals surface area (Å²) in [5.41, 5.74) is 2.57. The third kappa shape index (κ3) is 3.35. The molecule has 0 spiro atoms. The Hall–Kier alpha value is -0.560. The van der Waals surface area contributed by atoms with Crippen molar-refractivity contribution < 1.29 is 5.11 Å². The Kier molecular flexibility index (Phi) is 3.73. The third-order valence-electron chi connectivity index (χ3n) is 2.51. The highest BCUT2D eigenvalue weighted by Gasteiger charge is 2.22. The predicted octanol–water partition coefficient (Wildman–Crippen LogP) is 2.87. The average Bonchev–Trinajstić information content (AvgIpc) is 2.06. The van der Waals surface area contributed by atoms with Gasteiger partial charge in [0.25, 0.3) is 0 Å². The van der Waals surface area contributed by atoms with Gasteiger partial charge < -0.3 is 5.11 Å². The van der Waals surface area contributed by atoms with E-state index in [0.717, 1.165) is 19.3 Å². The second kappa shape index (κ2) is 4.61. The van der Waals surface area contributed by atoms with Crippen molar-refractivity contribution >= 4 is 0 Å². The van der Waals surface area contributed by atoms with Gasteiger partial charge in [-0.15, -0.1) is 0 Å². The second-order valence-corrected chi connectivity index (χ2v) is 4.13. The topological polar surface area (TPSA) is 20.2 Å². The van der Waals surface area contributed by atoms with Gasteiger partial charge in [-0.3, -0.25) is 0 Å². The van der Waals surface area contributed by atoms with Crippen LogP contribution in [-0.2, 0) is 0 Å². The summed E-state index contributed by atoms with van der Waals surface area (Å²) in [6, 6.07) is 0. The van der Waals surface area contributed by atoms with E-state index in [1.165, 1.54) is 11.1 Å². The number of aliphatic hydroxyl groups excluding tert-OH is 1. The molecule has 1 aliphatic carbocycles. The quantitative estimate of drug-likeness (QED) is 0.646. The van der Waals surface area contributed by atoms with Crippen molar-refractivity contribution in [1.29, 1.82) is 0 Å². The molecule has 0 amide bonds. The van der Waals surface area contributed by atoms with E-state index in [9.17, 15) is 5.11 Å². The Bertz CT molecular complexity index is 211. The van der Waals surface area contributed by atoms with Crippen LogP contribution in [0.4, 0.5) is 0 Å². The Labute approximate surface area is 81.2 Å². The lowest BCUT2D eigenvalue weighted by atomic mass is 9.81. The zero-order valence-corrected chi connectivity index (χ0v) is 8.59. The molecule has 1 rings (SSSR count). The largest absolute Gasteiger partial charge is 0.393 e. The molecule has 0 saturated heterocycles. The summed E-state index contributed by atoms with van der Waals surface area (Å²) in [4.78, 5) is 0. The molecule has 0 heterocycles. The second-order valence-electron chi connectivity index (χ2n) is 4.13. The lowest BCUT2D eigenvalue weighted by Gasteiger charge is -2.27. The molecule has 2 unspecified atom stereocenters. The first-order chi connectivity index (χ1) is 6.09. The summed E-state index contributed by atoms with van der Waals surface area (Å²) >= 11 is 0. The zero-order valence-electron chi connectivity index (χ0n) is 8.59. The van der Waals surface area contributed by atoms with Gasteiger partial charge in [0.1, 0.15) is 0 Å². The van der Waals surface area contributed by atoms with Gasteiger partial charge >= 0.3 is 0 Å². The van der Waals surface area contributed by atoms with Gasteiger partial charge in [0.2, 0.25) is 0 Å². The number of rotatable bonds is 2. The lowest BCUT2D eigenvalue weighted by molar-refractivity contribution is 0.129. The molecule has 1 saturated carbocycles. The molecule has 1 radical (unpaired) electrons. The Morgan fingerprint density at radius 3 is 2.85 bits per heavy atom. The number of aliphatic hydroxyl groups is 1. The van der Waals surface area contributed by atoms with E-state index in [2.05, 4.69) is 32.9 Å². The smallest absolute Gasteiger partial charge is 0.0549 e. The number of hydrogen-bond acceptors (Lipinski definition) is 1. The molecule has 1 heteroatoms. The molecule has 1 N–H and O–H groups in total. The minimum absolute atomic E-state index is 0.127. The summed E-state index contributed by atoms with van der Waals surface area (Å²) in [7, 11) is 0. The highest BCUT2D eigenvalue weighted by Crippen LogP contribution is 2.30. The van der Waals surface area contributed by atoms with Crippen molar-refractivity contribution in [1.82, 2.24) is 0 Å². The van der Waals surface area contributed by atoms with E-state index in [1.807, 2.05) is 0 Å². The Balaban J connectivity index is 2.47. The fraction of sp³-hybridized carbons (Fsp3) is 0.583. The first-order valence-electron chi connectivity index (χ1n) is 4.93. The van der Waals surface area contributed by atoms with Crippen LogP contribution in [0.25, 0.3) is 0 Å². The molecule has 0 aromatic carbocycles. The summed E-state index contributed by atoms with van der Waals surface area (Å²) in [6.07, 6.45) is 6.87. The van der Waals surface area contributed by atoms with Gasteiger partial charge in [-0.05, 0) is 45.4 Å². The average molecular weight is 179 g/mol. The van der Waals surface area contributed by atoms with E-state index in [0.29, 0.717) is 5.92 Å². The van der Waals surface area contributed by atoms with Crippen LogP contribution in [0, 0.1) is 12.3 Å². The van der Waals surface area contributed by atoms with Gasteiger partial charge in [0, 0.05) is 0 Å². The van der Waals surface area contributed by atoms with Crippen LogP contribution >= 0.6 is 0 Å². The summed E-state index contributed by atoms with van der Waals surface area (Å²) in [5, 5.41) is 9.48. The molecule has 73 valence electrons. The molecule has 0 bridgehead atoms. The van der Waals surface area contributed by atoms with E-state index in [4.69, 9.17) is 0 Å². The van der Waals surface area contributed by atoms with Gasteiger partial charge in [-0.2, -0.15) is 0 Å². The molecular formula is C12H19O. The number of allylic oxidation sites excluding steroid dienone is 3. The maximum Gasteiger partial charge on any atom is 0.0549 e. The van der Waals surface area contributed by atoms with Crippen LogP contribution in [0.1, 0.15) is 33.1 Å². The monoisotopic (exact) mass is 179 g/mol. The van der Waals surface area contributed by atoms with E-state index < -0.39 is 0 Å². The maximum absolute atomic E-state index is 9.48. The first kappa shape index (κ1) is 10.5. The van der Waals surface area contributed by atoms with Gasteiger partial charge in [-0.1, -0.05) is 23.8 Å². The van der Waals surface area contributed by atoms with E-state index >= 15 is 0 Å². The maximum atomic E-state index is 9.48. The Morgan fingerprint density at radius 2 is 2.23 bits per heavy atom. The molecule has 2 atom stereocenters. The number of hydrogen-bond donors (Lipinski definition) is 1. The van der Waals surface area contributed by atoms with Crippen molar-refractivity contribution in [3.63, 3.8) is 0 Å². The lowest BCUT2D eigenvalue weighted by Crippen LogP contribution is -2.21. The summed E-state index contributed by atoms with van der Waals surface area (Å²) in [6.45, 7) is 8.20. The van der Waals surface area contributed by atoms with Crippen molar-refractivity contribution in [3.8, 4) is 0 Å². The molecule has 0 aromatic heterocycles. The van der Waals surface area contributed by atoms with Gasteiger partial charge in [-0.25, -0.2) is 0 Å². The Morgan fingerprint density at radius 1 is 1.54 bits per heavy atom. The van der Waals surface area contributed by atoms with Crippen molar-refractivity contribution in [3.05, 3.63) is 30.2 Å². The standard InChI is InChI=1S/C12H19O/c1-9(2)4-6-11-8-12(13)7-5-10(11)3/h4,6,11-13H,3,5,7-8H2,1-2H3. The van der Waals surface area contributed by atoms with Crippen LogP contribution in [0.15, 0.2) is 23.8 Å². The van der Waals surface area contributed by atoms with Gasteiger partial charge in [0.15, 0.2) is 0 Å². The van der Waals surface area contributed by atoms with Crippen LogP contribution < -0.4 is 0 Å². The first-order valence-corrected chi connectivity index (χ1v) is 4.93. The summed E-state index contributed by atoms with van der Waals surface area (Å²) < 4.78 is 0. The minimum Gasteiger partial charge on any atom is -0.393 e. The van der Waals surface area contributed by atoms with E-state index in [1.54, 1.807) is 0 Å². The molecular weight excluding hydrogens is 160 g/mol. The van der Waals surface area contributed by atoms with Crippen LogP contribution in [-0.4, -0.2) is 11.2 Å². The summed E-state index contributed by atoms with van der Waals surface area (Å²) in [5.74, 6) is 0.388. The molecule has 1 fully saturated rings. The zero-order chi connectivity index (χ0) is 9.84. The predicted molar refractivity (Wildman–Crippen MR) is 56.2 cm³/mol. The van der Waals surface area contributed by atoms with Crippen molar-refractivity contribution in [2.45, 2.75) is 39.2 Å². The fourth-order valence-corrected chi connectivity index (χ4v) is 1.64. The van der Waals surface area contributed by atoms with Crippen LogP contribution in [0.3, 0.4) is 0 Å². The van der Waals surface area contributed by atoms with Crippen LogP contribution in [0.5, 0.6) is 0 Å². The van der Waals surface area contributed by atoms with Crippen LogP contribution in [0.2, 0.25) is 0 Å². The van der Waals surface area contributed by atoms with E-state index in [-0.39, 0.29) is 6.10 Å². The highest BCUT2D eigenvalue weighted by molar-refractivity contribution is 5.16. The molecule has 13 heavy (non-hydrogen) atoms.